The van der Waals surface area contributed by atoms with Gasteiger partial charge in [-0.25, -0.2) is 0 Å². The second-order valence-corrected chi connectivity index (χ2v) is 6.40. The largest absolute Gasteiger partial charge is 0.494 e. The minimum atomic E-state index is -0.150. The van der Waals surface area contributed by atoms with Gasteiger partial charge in [-0.05, 0) is 56.2 Å². The van der Waals surface area contributed by atoms with Crippen LogP contribution in [0.5, 0.6) is 11.5 Å². The Morgan fingerprint density at radius 3 is 2.50 bits per heavy atom. The smallest absolute Gasteiger partial charge is 0.255 e. The molecule has 0 aliphatic carbocycles. The Kier molecular flexibility index (Phi) is 8.00. The van der Waals surface area contributed by atoms with Gasteiger partial charge in [-0.15, -0.1) is 0 Å². The van der Waals surface area contributed by atoms with E-state index in [0.717, 1.165) is 30.0 Å². The molecule has 0 aliphatic heterocycles. The Labute approximate surface area is 156 Å². The van der Waals surface area contributed by atoms with E-state index in [4.69, 9.17) is 9.47 Å². The van der Waals surface area contributed by atoms with Crippen LogP contribution < -0.4 is 14.8 Å². The van der Waals surface area contributed by atoms with E-state index in [1.54, 1.807) is 12.1 Å². The van der Waals surface area contributed by atoms with Gasteiger partial charge >= 0.3 is 0 Å². The van der Waals surface area contributed by atoms with Gasteiger partial charge in [-0.2, -0.15) is 0 Å². The van der Waals surface area contributed by atoms with Crippen LogP contribution in [0.25, 0.3) is 0 Å². The second kappa shape index (κ2) is 10.5. The lowest BCUT2D eigenvalue weighted by atomic mass is 10.2. The highest BCUT2D eigenvalue weighted by Crippen LogP contribution is 2.20. The van der Waals surface area contributed by atoms with Crippen LogP contribution in [0.4, 0.5) is 5.69 Å². The van der Waals surface area contributed by atoms with Crippen LogP contribution in [-0.4, -0.2) is 18.6 Å². The molecular weight excluding hydrogens is 326 g/mol. The predicted octanol–water partition coefficient (Wildman–Crippen LogP) is 5.69. The van der Waals surface area contributed by atoms with Gasteiger partial charge in [0.2, 0.25) is 0 Å². The molecule has 140 valence electrons. The molecule has 2 rings (SSSR count). The average molecular weight is 355 g/mol. The zero-order valence-corrected chi connectivity index (χ0v) is 16.0. The molecule has 1 atom stereocenters. The number of carbonyl (C=O) groups is 1. The van der Waals surface area contributed by atoms with Gasteiger partial charge in [-0.1, -0.05) is 32.8 Å². The lowest BCUT2D eigenvalue weighted by molar-refractivity contribution is 0.102. The number of ether oxygens (including phenoxy) is 2. The Balaban J connectivity index is 1.92. The van der Waals surface area contributed by atoms with Crippen LogP contribution in [0.2, 0.25) is 0 Å². The van der Waals surface area contributed by atoms with Gasteiger partial charge < -0.3 is 14.8 Å². The summed E-state index contributed by atoms with van der Waals surface area (Å²) in [5.41, 5.74) is 1.31. The second-order valence-electron chi connectivity index (χ2n) is 6.40. The molecule has 0 spiro atoms. The van der Waals surface area contributed by atoms with Gasteiger partial charge in [-0.3, -0.25) is 4.79 Å². The van der Waals surface area contributed by atoms with E-state index >= 15 is 0 Å². The van der Waals surface area contributed by atoms with E-state index in [1.807, 2.05) is 43.3 Å². The number of hydrogen-bond donors (Lipinski definition) is 1. The zero-order valence-electron chi connectivity index (χ0n) is 16.0. The van der Waals surface area contributed by atoms with Crippen molar-refractivity contribution < 1.29 is 14.3 Å². The number of benzene rings is 2. The predicted molar refractivity (Wildman–Crippen MR) is 106 cm³/mol. The van der Waals surface area contributed by atoms with E-state index in [0.29, 0.717) is 12.2 Å². The molecule has 1 N–H and O–H groups in total. The maximum absolute atomic E-state index is 12.4. The number of rotatable bonds is 10. The molecule has 1 unspecified atom stereocenters. The van der Waals surface area contributed by atoms with Crippen molar-refractivity contribution in [2.45, 2.75) is 52.6 Å². The summed E-state index contributed by atoms with van der Waals surface area (Å²) in [7, 11) is 0. The molecular formula is C22H29NO3. The van der Waals surface area contributed by atoms with E-state index in [-0.39, 0.29) is 12.0 Å². The maximum atomic E-state index is 12.4. The number of unbranched alkanes of at least 4 members (excludes halogenated alkanes) is 2. The normalized spacial score (nSPS) is 11.7. The third-order valence-corrected chi connectivity index (χ3v) is 4.14. The van der Waals surface area contributed by atoms with Crippen molar-refractivity contribution >= 4 is 11.6 Å². The molecule has 2 aromatic rings. The Hall–Kier alpha value is -2.49. The summed E-state index contributed by atoms with van der Waals surface area (Å²) >= 11 is 0. The lowest BCUT2D eigenvalue weighted by Crippen LogP contribution is -2.13. The van der Waals surface area contributed by atoms with E-state index in [2.05, 4.69) is 19.2 Å². The third kappa shape index (κ3) is 6.43. The topological polar surface area (TPSA) is 47.6 Å². The lowest BCUT2D eigenvalue weighted by Gasteiger charge is -2.13. The minimum Gasteiger partial charge on any atom is -0.494 e. The SMILES string of the molecule is CCCCCOc1ccc(C(=O)Nc2cccc(OC(C)CC)c2)cc1. The zero-order chi connectivity index (χ0) is 18.8. The van der Waals surface area contributed by atoms with Crippen molar-refractivity contribution in [1.82, 2.24) is 0 Å². The summed E-state index contributed by atoms with van der Waals surface area (Å²) in [4.78, 5) is 12.4. The number of nitrogens with one attached hydrogen (secondary N) is 1. The number of hydrogen-bond acceptors (Lipinski definition) is 3. The van der Waals surface area contributed by atoms with Gasteiger partial charge in [0.05, 0.1) is 12.7 Å². The standard InChI is InChI=1S/C22H29NO3/c1-4-6-7-15-25-20-13-11-18(12-14-20)22(24)23-19-9-8-10-21(16-19)26-17(3)5-2/h8-14,16-17H,4-7,15H2,1-3H3,(H,23,24). The Bertz CT molecular complexity index is 682. The molecule has 0 heterocycles. The molecule has 26 heavy (non-hydrogen) atoms. The third-order valence-electron chi connectivity index (χ3n) is 4.14. The van der Waals surface area contributed by atoms with Crippen LogP contribution in [0, 0.1) is 0 Å². The fourth-order valence-electron chi connectivity index (χ4n) is 2.41. The first-order chi connectivity index (χ1) is 12.6. The van der Waals surface area contributed by atoms with Crippen LogP contribution in [0.1, 0.15) is 56.8 Å². The minimum absolute atomic E-state index is 0.144. The Morgan fingerprint density at radius 2 is 1.81 bits per heavy atom. The Morgan fingerprint density at radius 1 is 1.04 bits per heavy atom. The van der Waals surface area contributed by atoms with Gasteiger partial charge in [0, 0.05) is 17.3 Å². The number of anilines is 1. The average Bonchev–Trinajstić information content (AvgIpc) is 2.66. The molecule has 0 saturated heterocycles. The highest BCUT2D eigenvalue weighted by atomic mass is 16.5. The fraction of sp³-hybridized carbons (Fsp3) is 0.409. The monoisotopic (exact) mass is 355 g/mol. The molecule has 0 bridgehead atoms. The fourth-order valence-corrected chi connectivity index (χ4v) is 2.41. The summed E-state index contributed by atoms with van der Waals surface area (Å²) < 4.78 is 11.5. The van der Waals surface area contributed by atoms with Gasteiger partial charge in [0.1, 0.15) is 11.5 Å². The highest BCUT2D eigenvalue weighted by molar-refractivity contribution is 6.04. The summed E-state index contributed by atoms with van der Waals surface area (Å²) in [6, 6.07) is 14.7. The van der Waals surface area contributed by atoms with E-state index < -0.39 is 0 Å². The van der Waals surface area contributed by atoms with Crippen LogP contribution in [-0.2, 0) is 0 Å². The van der Waals surface area contributed by atoms with Crippen molar-refractivity contribution in [1.29, 1.82) is 0 Å². The summed E-state index contributed by atoms with van der Waals surface area (Å²) in [6.07, 6.45) is 4.47. The first-order valence-corrected chi connectivity index (χ1v) is 9.43. The molecule has 4 heteroatoms. The molecule has 2 aromatic carbocycles. The van der Waals surface area contributed by atoms with Crippen LogP contribution in [0.3, 0.4) is 0 Å². The number of amides is 1. The molecule has 1 amide bonds. The summed E-state index contributed by atoms with van der Waals surface area (Å²) in [5.74, 6) is 1.40. The van der Waals surface area contributed by atoms with Crippen molar-refractivity contribution in [3.8, 4) is 11.5 Å². The summed E-state index contributed by atoms with van der Waals surface area (Å²) in [6.45, 7) is 6.98. The number of carbonyl (C=O) groups excluding carboxylic acids is 1. The molecule has 0 aliphatic rings. The van der Waals surface area contributed by atoms with Crippen molar-refractivity contribution in [3.63, 3.8) is 0 Å². The van der Waals surface area contributed by atoms with Gasteiger partial charge in [0.25, 0.3) is 5.91 Å². The van der Waals surface area contributed by atoms with Crippen LogP contribution >= 0.6 is 0 Å². The van der Waals surface area contributed by atoms with Crippen molar-refractivity contribution in [2.75, 3.05) is 11.9 Å². The molecule has 0 radical (unpaired) electrons. The first kappa shape index (κ1) is 19.8. The van der Waals surface area contributed by atoms with Crippen LogP contribution in [0.15, 0.2) is 48.5 Å². The molecule has 0 aromatic heterocycles. The van der Waals surface area contributed by atoms with Gasteiger partial charge in [0.15, 0.2) is 0 Å². The molecule has 0 saturated carbocycles. The van der Waals surface area contributed by atoms with E-state index in [1.165, 1.54) is 12.8 Å². The maximum Gasteiger partial charge on any atom is 0.255 e. The van der Waals surface area contributed by atoms with Crippen molar-refractivity contribution in [3.05, 3.63) is 54.1 Å². The van der Waals surface area contributed by atoms with E-state index in [9.17, 15) is 4.79 Å². The quantitative estimate of drug-likeness (QED) is 0.557. The molecule has 4 nitrogen and oxygen atoms in total. The first-order valence-electron chi connectivity index (χ1n) is 9.43. The summed E-state index contributed by atoms with van der Waals surface area (Å²) in [5, 5.41) is 2.91. The molecule has 0 fully saturated rings. The van der Waals surface area contributed by atoms with Crippen molar-refractivity contribution in [2.24, 2.45) is 0 Å². The highest BCUT2D eigenvalue weighted by Gasteiger charge is 2.08.